The number of hydrogen-bond donors (Lipinski definition) is 0. The van der Waals surface area contributed by atoms with E-state index in [1.807, 2.05) is 6.07 Å². The molecule has 1 nitrogen and oxygen atoms in total. The molecule has 2 rings (SSSR count). The van der Waals surface area contributed by atoms with Crippen molar-refractivity contribution in [3.63, 3.8) is 0 Å². The van der Waals surface area contributed by atoms with Crippen LogP contribution in [0, 0.1) is 0 Å². The number of ether oxygens (including phenoxy) is 1. The zero-order valence-corrected chi connectivity index (χ0v) is 15.9. The van der Waals surface area contributed by atoms with Gasteiger partial charge in [-0.1, -0.05) is 28.9 Å². The number of hydrogen-bond acceptors (Lipinski definition) is 2. The van der Waals surface area contributed by atoms with E-state index in [9.17, 15) is 0 Å². The van der Waals surface area contributed by atoms with E-state index in [0.717, 1.165) is 27.0 Å². The minimum atomic E-state index is 0.209. The van der Waals surface area contributed by atoms with Crippen molar-refractivity contribution in [1.29, 1.82) is 0 Å². The highest BCUT2D eigenvalue weighted by atomic mass is 79.9. The van der Waals surface area contributed by atoms with Gasteiger partial charge in [0.25, 0.3) is 0 Å². The van der Waals surface area contributed by atoms with E-state index in [2.05, 4.69) is 79.0 Å². The summed E-state index contributed by atoms with van der Waals surface area (Å²) >= 11 is 12.6. The first-order chi connectivity index (χ1) is 9.11. The van der Waals surface area contributed by atoms with E-state index in [1.165, 1.54) is 10.4 Å². The van der Waals surface area contributed by atoms with Crippen LogP contribution in [0.2, 0.25) is 0 Å². The minimum Gasteiger partial charge on any atom is -0.492 e. The van der Waals surface area contributed by atoms with Crippen LogP contribution in [-0.2, 0) is 0 Å². The van der Waals surface area contributed by atoms with Crippen LogP contribution in [0.1, 0.15) is 28.6 Å². The van der Waals surface area contributed by atoms with Crippen LogP contribution < -0.4 is 4.74 Å². The van der Waals surface area contributed by atoms with Crippen molar-refractivity contribution >= 4 is 59.1 Å². The second-order valence-corrected chi connectivity index (χ2v) is 8.31. The Labute approximate surface area is 142 Å². The van der Waals surface area contributed by atoms with Gasteiger partial charge in [-0.2, -0.15) is 0 Å². The molecule has 0 spiro atoms. The second kappa shape index (κ2) is 7.25. The average Bonchev–Trinajstić information content (AvgIpc) is 2.83. The summed E-state index contributed by atoms with van der Waals surface area (Å²) in [6, 6.07) is 10.4. The lowest BCUT2D eigenvalue weighted by Crippen LogP contribution is -1.97. The van der Waals surface area contributed by atoms with Crippen LogP contribution in [0.4, 0.5) is 0 Å². The maximum Gasteiger partial charge on any atom is 0.133 e. The maximum absolute atomic E-state index is 5.66. The van der Waals surface area contributed by atoms with Gasteiger partial charge in [0.2, 0.25) is 0 Å². The predicted molar refractivity (Wildman–Crippen MR) is 92.7 cm³/mol. The highest BCUT2D eigenvalue weighted by Crippen LogP contribution is 2.39. The van der Waals surface area contributed by atoms with E-state index in [1.54, 1.807) is 11.3 Å². The van der Waals surface area contributed by atoms with Gasteiger partial charge in [-0.25, -0.2) is 0 Å². The first kappa shape index (κ1) is 15.5. The fourth-order valence-electron chi connectivity index (χ4n) is 1.63. The normalized spacial score (nSPS) is 12.4. The smallest absolute Gasteiger partial charge is 0.133 e. The number of benzene rings is 1. The summed E-state index contributed by atoms with van der Waals surface area (Å²) in [5.41, 5.74) is 1.21. The molecule has 5 heteroatoms. The van der Waals surface area contributed by atoms with Crippen molar-refractivity contribution < 1.29 is 4.74 Å². The Hall–Kier alpha value is 0.160. The largest absolute Gasteiger partial charge is 0.492 e. The fraction of sp³-hybridized carbons (Fsp3) is 0.286. The zero-order valence-electron chi connectivity index (χ0n) is 10.3. The van der Waals surface area contributed by atoms with Crippen LogP contribution in [0.25, 0.3) is 0 Å². The highest BCUT2D eigenvalue weighted by Gasteiger charge is 2.14. The van der Waals surface area contributed by atoms with Gasteiger partial charge in [0.05, 0.1) is 19.7 Å². The monoisotopic (exact) mass is 466 g/mol. The zero-order chi connectivity index (χ0) is 13.8. The molecular formula is C14H13Br3OS. The topological polar surface area (TPSA) is 9.23 Å². The molecule has 0 fully saturated rings. The molecule has 102 valence electrons. The van der Waals surface area contributed by atoms with Crippen molar-refractivity contribution in [2.24, 2.45) is 0 Å². The summed E-state index contributed by atoms with van der Waals surface area (Å²) < 4.78 is 7.81. The second-order valence-electron chi connectivity index (χ2n) is 4.04. The molecule has 0 N–H and O–H groups in total. The fourth-order valence-corrected chi connectivity index (χ4v) is 4.29. The van der Waals surface area contributed by atoms with Gasteiger partial charge in [-0.05, 0) is 68.1 Å². The molecule has 0 bridgehead atoms. The van der Waals surface area contributed by atoms with E-state index < -0.39 is 0 Å². The molecule has 0 saturated heterocycles. The molecule has 1 heterocycles. The summed E-state index contributed by atoms with van der Waals surface area (Å²) in [6.45, 7) is 2.85. The van der Waals surface area contributed by atoms with Crippen molar-refractivity contribution in [3.05, 3.63) is 49.0 Å². The van der Waals surface area contributed by atoms with Gasteiger partial charge < -0.3 is 4.74 Å². The Morgan fingerprint density at radius 3 is 2.58 bits per heavy atom. The molecule has 0 saturated carbocycles. The first-order valence-corrected chi connectivity index (χ1v) is 9.25. The SMILES string of the molecule is CCCOc1ccc(C(Br)c2ccc(Br)s2)cc1Br. The summed E-state index contributed by atoms with van der Waals surface area (Å²) in [6.07, 6.45) is 1.01. The van der Waals surface area contributed by atoms with Crippen molar-refractivity contribution in [3.8, 4) is 5.75 Å². The quantitative estimate of drug-likeness (QED) is 0.452. The Morgan fingerprint density at radius 2 is 2.00 bits per heavy atom. The number of alkyl halides is 1. The van der Waals surface area contributed by atoms with Gasteiger partial charge >= 0.3 is 0 Å². The lowest BCUT2D eigenvalue weighted by Gasteiger charge is -2.12. The van der Waals surface area contributed by atoms with E-state index in [-0.39, 0.29) is 4.83 Å². The standard InChI is InChI=1S/C14H13Br3OS/c1-2-7-18-11-4-3-9(8-10(11)15)14(17)12-5-6-13(16)19-12/h3-6,8,14H,2,7H2,1H3. The van der Waals surface area contributed by atoms with Crippen LogP contribution in [-0.4, -0.2) is 6.61 Å². The van der Waals surface area contributed by atoms with E-state index in [0.29, 0.717) is 0 Å². The third-order valence-electron chi connectivity index (χ3n) is 2.55. The molecule has 1 aromatic carbocycles. The molecule has 0 aliphatic carbocycles. The number of rotatable bonds is 5. The van der Waals surface area contributed by atoms with Crippen molar-refractivity contribution in [2.75, 3.05) is 6.61 Å². The summed E-state index contributed by atoms with van der Waals surface area (Å²) in [5.74, 6) is 0.901. The molecule has 1 aromatic heterocycles. The average molecular weight is 469 g/mol. The van der Waals surface area contributed by atoms with Crippen LogP contribution in [0.15, 0.2) is 38.6 Å². The summed E-state index contributed by atoms with van der Waals surface area (Å²) in [7, 11) is 0. The summed E-state index contributed by atoms with van der Waals surface area (Å²) in [5, 5.41) is 0. The van der Waals surface area contributed by atoms with Crippen molar-refractivity contribution in [2.45, 2.75) is 18.2 Å². The Balaban J connectivity index is 2.19. The third-order valence-corrected chi connectivity index (χ3v) is 6.19. The van der Waals surface area contributed by atoms with Crippen molar-refractivity contribution in [1.82, 2.24) is 0 Å². The van der Waals surface area contributed by atoms with Gasteiger partial charge in [0.1, 0.15) is 5.75 Å². The Kier molecular flexibility index (Phi) is 5.93. The van der Waals surface area contributed by atoms with Gasteiger partial charge in [0, 0.05) is 4.88 Å². The molecule has 1 atom stereocenters. The molecule has 0 aliphatic heterocycles. The van der Waals surface area contributed by atoms with E-state index >= 15 is 0 Å². The van der Waals surface area contributed by atoms with Crippen LogP contribution in [0.3, 0.4) is 0 Å². The van der Waals surface area contributed by atoms with Crippen LogP contribution >= 0.6 is 59.1 Å². The van der Waals surface area contributed by atoms with Crippen LogP contribution in [0.5, 0.6) is 5.75 Å². The maximum atomic E-state index is 5.66. The summed E-state index contributed by atoms with van der Waals surface area (Å²) in [4.78, 5) is 1.49. The lowest BCUT2D eigenvalue weighted by molar-refractivity contribution is 0.315. The predicted octanol–water partition coefficient (Wildman–Crippen LogP) is 6.55. The lowest BCUT2D eigenvalue weighted by atomic mass is 10.1. The molecule has 0 aliphatic rings. The number of halogens is 3. The molecule has 0 amide bonds. The van der Waals surface area contributed by atoms with Gasteiger partial charge in [-0.3, -0.25) is 0 Å². The highest BCUT2D eigenvalue weighted by molar-refractivity contribution is 9.11. The molecule has 1 unspecified atom stereocenters. The molecule has 0 radical (unpaired) electrons. The molecular weight excluding hydrogens is 456 g/mol. The molecule has 19 heavy (non-hydrogen) atoms. The molecule has 2 aromatic rings. The Bertz CT molecular complexity index is 553. The van der Waals surface area contributed by atoms with Gasteiger partial charge in [0.15, 0.2) is 0 Å². The van der Waals surface area contributed by atoms with Gasteiger partial charge in [-0.15, -0.1) is 11.3 Å². The first-order valence-electron chi connectivity index (χ1n) is 5.93. The van der Waals surface area contributed by atoms with E-state index in [4.69, 9.17) is 4.74 Å². The number of thiophene rings is 1. The minimum absolute atomic E-state index is 0.209. The third kappa shape index (κ3) is 4.06. The Morgan fingerprint density at radius 1 is 1.21 bits per heavy atom.